The van der Waals surface area contributed by atoms with Crippen molar-refractivity contribution in [3.8, 4) is 0 Å². The van der Waals surface area contributed by atoms with E-state index in [1.165, 1.54) is 154 Å². The highest BCUT2D eigenvalue weighted by atomic mass is 16.6. The van der Waals surface area contributed by atoms with Crippen LogP contribution in [0.3, 0.4) is 0 Å². The van der Waals surface area contributed by atoms with E-state index in [1.54, 1.807) is 0 Å². The van der Waals surface area contributed by atoms with Gasteiger partial charge in [-0.05, 0) is 37.0 Å². The summed E-state index contributed by atoms with van der Waals surface area (Å²) in [6, 6.07) is 0. The van der Waals surface area contributed by atoms with Gasteiger partial charge < -0.3 is 14.2 Å². The van der Waals surface area contributed by atoms with E-state index >= 15 is 0 Å². The minimum absolute atomic E-state index is 0.0658. The molecule has 0 aromatic heterocycles. The molecule has 0 N–H and O–H groups in total. The Morgan fingerprint density at radius 2 is 0.614 bits per heavy atom. The average Bonchev–Trinajstić information content (AvgIpc) is 3.19. The van der Waals surface area contributed by atoms with Gasteiger partial charge in [0.1, 0.15) is 13.2 Å². The second-order valence-electron chi connectivity index (χ2n) is 18.4. The summed E-state index contributed by atoms with van der Waals surface area (Å²) in [6.45, 7) is 13.7. The monoisotopic (exact) mass is 807 g/mol. The van der Waals surface area contributed by atoms with Crippen molar-refractivity contribution < 1.29 is 28.6 Å². The molecule has 0 bridgehead atoms. The van der Waals surface area contributed by atoms with Crippen LogP contribution in [0.1, 0.15) is 273 Å². The molecule has 0 aliphatic heterocycles. The molecule has 0 spiro atoms. The quantitative estimate of drug-likeness (QED) is 0.0347. The average molecular weight is 807 g/mol. The van der Waals surface area contributed by atoms with E-state index in [-0.39, 0.29) is 31.1 Å². The first-order valence-corrected chi connectivity index (χ1v) is 25.2. The third-order valence-corrected chi connectivity index (χ3v) is 12.1. The van der Waals surface area contributed by atoms with Crippen molar-refractivity contribution in [2.45, 2.75) is 279 Å². The number of unbranched alkanes of at least 4 members (excludes halogenated alkanes) is 25. The Kier molecular flexibility index (Phi) is 41.3. The van der Waals surface area contributed by atoms with Crippen molar-refractivity contribution in [1.29, 1.82) is 0 Å². The van der Waals surface area contributed by atoms with Crippen molar-refractivity contribution in [2.75, 3.05) is 13.2 Å². The van der Waals surface area contributed by atoms with E-state index in [9.17, 15) is 14.4 Å². The molecule has 0 aromatic carbocycles. The number of rotatable bonds is 44. The first-order valence-electron chi connectivity index (χ1n) is 25.2. The second kappa shape index (κ2) is 42.5. The van der Waals surface area contributed by atoms with Crippen molar-refractivity contribution in [2.24, 2.45) is 17.8 Å². The molecular formula is C51H98O6. The molecule has 6 heteroatoms. The van der Waals surface area contributed by atoms with Crippen LogP contribution in [-0.2, 0) is 28.6 Å². The maximum Gasteiger partial charge on any atom is 0.306 e. The molecule has 2 unspecified atom stereocenters. The summed E-state index contributed by atoms with van der Waals surface area (Å²) in [4.78, 5) is 37.9. The van der Waals surface area contributed by atoms with Gasteiger partial charge in [-0.2, -0.15) is 0 Å². The van der Waals surface area contributed by atoms with E-state index in [1.807, 2.05) is 0 Å². The number of carbonyl (C=O) groups excluding carboxylic acids is 3. The maximum absolute atomic E-state index is 12.7. The zero-order chi connectivity index (χ0) is 42.0. The third-order valence-electron chi connectivity index (χ3n) is 12.1. The van der Waals surface area contributed by atoms with Crippen LogP contribution >= 0.6 is 0 Å². The Balaban J connectivity index is 4.29. The third kappa shape index (κ3) is 42.3. The van der Waals surface area contributed by atoms with Gasteiger partial charge in [0.2, 0.25) is 0 Å². The highest BCUT2D eigenvalue weighted by Gasteiger charge is 2.19. The summed E-state index contributed by atoms with van der Waals surface area (Å²) in [6.07, 6.45) is 40.9. The smallest absolute Gasteiger partial charge is 0.306 e. The van der Waals surface area contributed by atoms with Crippen LogP contribution in [-0.4, -0.2) is 37.2 Å². The summed E-state index contributed by atoms with van der Waals surface area (Å²) in [5.74, 6) is 1.64. The van der Waals surface area contributed by atoms with Gasteiger partial charge in [0.05, 0.1) is 0 Å². The zero-order valence-electron chi connectivity index (χ0n) is 39.1. The Bertz CT molecular complexity index is 887. The van der Waals surface area contributed by atoms with Crippen LogP contribution in [0.25, 0.3) is 0 Å². The molecule has 0 aliphatic carbocycles. The van der Waals surface area contributed by atoms with Gasteiger partial charge in [0.15, 0.2) is 6.10 Å². The van der Waals surface area contributed by atoms with Gasteiger partial charge in [0.25, 0.3) is 0 Å². The first-order chi connectivity index (χ1) is 27.7. The minimum atomic E-state index is -0.763. The van der Waals surface area contributed by atoms with Gasteiger partial charge in [-0.15, -0.1) is 0 Å². The largest absolute Gasteiger partial charge is 0.462 e. The molecule has 0 fully saturated rings. The van der Waals surface area contributed by atoms with Gasteiger partial charge >= 0.3 is 17.9 Å². The molecule has 0 aromatic rings. The lowest BCUT2D eigenvalue weighted by molar-refractivity contribution is -0.167. The van der Waals surface area contributed by atoms with Crippen molar-refractivity contribution in [1.82, 2.24) is 0 Å². The van der Waals surface area contributed by atoms with Gasteiger partial charge in [-0.3, -0.25) is 14.4 Å². The van der Waals surface area contributed by atoms with Crippen LogP contribution in [0, 0.1) is 17.8 Å². The zero-order valence-corrected chi connectivity index (χ0v) is 39.1. The molecule has 0 radical (unpaired) electrons. The molecule has 0 heterocycles. The first kappa shape index (κ1) is 55.4. The molecule has 0 aliphatic rings. The Morgan fingerprint density at radius 3 is 0.912 bits per heavy atom. The number of esters is 3. The normalized spacial score (nSPS) is 13.1. The highest BCUT2D eigenvalue weighted by molar-refractivity contribution is 5.71. The molecule has 0 amide bonds. The van der Waals surface area contributed by atoms with Crippen LogP contribution in [0.2, 0.25) is 0 Å². The summed E-state index contributed by atoms with van der Waals surface area (Å²) < 4.78 is 16.8. The molecule has 6 nitrogen and oxygen atoms in total. The minimum Gasteiger partial charge on any atom is -0.462 e. The molecule has 57 heavy (non-hydrogen) atoms. The van der Waals surface area contributed by atoms with E-state index < -0.39 is 6.10 Å². The highest BCUT2D eigenvalue weighted by Crippen LogP contribution is 2.18. The molecule has 0 saturated carbocycles. The van der Waals surface area contributed by atoms with Crippen LogP contribution < -0.4 is 0 Å². The van der Waals surface area contributed by atoms with Gasteiger partial charge in [0, 0.05) is 19.3 Å². The number of hydrogen-bond acceptors (Lipinski definition) is 6. The number of carbonyl (C=O) groups is 3. The lowest BCUT2D eigenvalue weighted by Gasteiger charge is -2.18. The van der Waals surface area contributed by atoms with Crippen molar-refractivity contribution >= 4 is 17.9 Å². The predicted octanol–water partition coefficient (Wildman–Crippen LogP) is 16.0. The molecule has 338 valence electrons. The van der Waals surface area contributed by atoms with E-state index in [0.29, 0.717) is 19.3 Å². The lowest BCUT2D eigenvalue weighted by atomic mass is 9.99. The lowest BCUT2D eigenvalue weighted by Crippen LogP contribution is -2.30. The van der Waals surface area contributed by atoms with Crippen LogP contribution in [0.5, 0.6) is 0 Å². The summed E-state index contributed by atoms with van der Waals surface area (Å²) in [7, 11) is 0. The molecular weight excluding hydrogens is 709 g/mol. The van der Waals surface area contributed by atoms with Gasteiger partial charge in [-0.25, -0.2) is 0 Å². The van der Waals surface area contributed by atoms with Crippen LogP contribution in [0.15, 0.2) is 0 Å². The molecule has 0 rings (SSSR count). The van der Waals surface area contributed by atoms with Crippen molar-refractivity contribution in [3.05, 3.63) is 0 Å². The Hall–Kier alpha value is -1.59. The summed E-state index contributed by atoms with van der Waals surface area (Å²) >= 11 is 0. The SMILES string of the molecule is CCC(C)CCCCCCCCCCC(=O)O[C@H](COC(=O)CCCCCCCCCCCCCCCCC(C)C)COC(=O)CCCCCCCCC(C)CC. The van der Waals surface area contributed by atoms with E-state index in [2.05, 4.69) is 41.5 Å². The Morgan fingerprint density at radius 1 is 0.351 bits per heavy atom. The fraction of sp³-hybridized carbons (Fsp3) is 0.941. The fourth-order valence-corrected chi connectivity index (χ4v) is 7.52. The topological polar surface area (TPSA) is 78.9 Å². The number of ether oxygens (including phenoxy) is 3. The molecule has 0 saturated heterocycles. The Labute approximate surface area is 355 Å². The van der Waals surface area contributed by atoms with E-state index in [4.69, 9.17) is 14.2 Å². The van der Waals surface area contributed by atoms with Crippen LogP contribution in [0.4, 0.5) is 0 Å². The fourth-order valence-electron chi connectivity index (χ4n) is 7.52. The summed E-state index contributed by atoms with van der Waals surface area (Å²) in [5, 5.41) is 0. The van der Waals surface area contributed by atoms with Crippen molar-refractivity contribution in [3.63, 3.8) is 0 Å². The standard InChI is InChI=1S/C51H98O6/c1-7-46(5)38-32-26-20-17-18-22-30-36-42-51(54)57-48(44-56-50(53)41-35-29-24-23-27-33-39-47(6)8-2)43-55-49(52)40-34-28-21-16-14-12-10-9-11-13-15-19-25-31-37-45(3)4/h45-48H,7-44H2,1-6H3/t46?,47?,48-/m1/s1. The predicted molar refractivity (Wildman–Crippen MR) is 243 cm³/mol. The molecule has 3 atom stereocenters. The van der Waals surface area contributed by atoms with E-state index in [0.717, 1.165) is 75.5 Å². The second-order valence-corrected chi connectivity index (χ2v) is 18.4. The maximum atomic E-state index is 12.7. The van der Waals surface area contributed by atoms with Gasteiger partial charge in [-0.1, -0.05) is 234 Å². The summed E-state index contributed by atoms with van der Waals surface area (Å²) in [5.41, 5.74) is 0. The number of hydrogen-bond donors (Lipinski definition) is 0.